The molecular formula is C12H16F2O2. The summed E-state index contributed by atoms with van der Waals surface area (Å²) in [4.78, 5) is 0. The third kappa shape index (κ3) is 3.54. The first-order chi connectivity index (χ1) is 7.54. The molecule has 4 heteroatoms. The molecule has 0 radical (unpaired) electrons. The summed E-state index contributed by atoms with van der Waals surface area (Å²) in [6.45, 7) is 1.87. The Bertz CT molecular complexity index is 342. The molecule has 0 saturated carbocycles. The minimum atomic E-state index is -1.06. The number of hydrogen-bond acceptors (Lipinski definition) is 2. The molecule has 1 aromatic rings. The van der Waals surface area contributed by atoms with Gasteiger partial charge in [0.05, 0.1) is 12.2 Å². The van der Waals surface area contributed by atoms with Crippen molar-refractivity contribution >= 4 is 0 Å². The Hall–Kier alpha value is -1.00. The minimum absolute atomic E-state index is 0.0786. The predicted octanol–water partition coefficient (Wildman–Crippen LogP) is 2.03. The van der Waals surface area contributed by atoms with Gasteiger partial charge in [-0.15, -0.1) is 0 Å². The largest absolute Gasteiger partial charge is 0.390 e. The smallest absolute Gasteiger partial charge is 0.126 e. The number of aliphatic hydroxyl groups is 2. The fourth-order valence-electron chi connectivity index (χ4n) is 1.55. The summed E-state index contributed by atoms with van der Waals surface area (Å²) >= 11 is 0. The zero-order valence-corrected chi connectivity index (χ0v) is 9.16. The summed E-state index contributed by atoms with van der Waals surface area (Å²) in [5.74, 6) is -1.11. The van der Waals surface area contributed by atoms with Crippen molar-refractivity contribution in [3.8, 4) is 0 Å². The van der Waals surface area contributed by atoms with Crippen LogP contribution < -0.4 is 0 Å². The monoisotopic (exact) mass is 230 g/mol. The van der Waals surface area contributed by atoms with Crippen LogP contribution in [0.25, 0.3) is 0 Å². The van der Waals surface area contributed by atoms with E-state index in [1.54, 1.807) is 0 Å². The van der Waals surface area contributed by atoms with E-state index >= 15 is 0 Å². The molecule has 0 saturated heterocycles. The fraction of sp³-hybridized carbons (Fsp3) is 0.500. The molecule has 2 N–H and O–H groups in total. The normalized spacial score (nSPS) is 14.8. The van der Waals surface area contributed by atoms with E-state index in [1.165, 1.54) is 0 Å². The van der Waals surface area contributed by atoms with E-state index in [1.807, 2.05) is 6.92 Å². The molecule has 0 aliphatic rings. The van der Waals surface area contributed by atoms with Gasteiger partial charge >= 0.3 is 0 Å². The first kappa shape index (κ1) is 13.1. The second-order valence-electron chi connectivity index (χ2n) is 3.86. The van der Waals surface area contributed by atoms with Crippen LogP contribution in [0.15, 0.2) is 18.2 Å². The van der Waals surface area contributed by atoms with Crippen LogP contribution in [0, 0.1) is 11.6 Å². The van der Waals surface area contributed by atoms with Crippen LogP contribution in [0.1, 0.15) is 25.3 Å². The van der Waals surface area contributed by atoms with Gasteiger partial charge in [0, 0.05) is 6.42 Å². The molecule has 0 heterocycles. The third-order valence-corrected chi connectivity index (χ3v) is 2.47. The molecule has 0 aliphatic heterocycles. The molecule has 0 aromatic heterocycles. The average Bonchev–Trinajstić information content (AvgIpc) is 2.23. The summed E-state index contributed by atoms with van der Waals surface area (Å²) < 4.78 is 26.1. The lowest BCUT2D eigenvalue weighted by molar-refractivity contribution is 0.0144. The Morgan fingerprint density at radius 1 is 1.19 bits per heavy atom. The van der Waals surface area contributed by atoms with Crippen molar-refractivity contribution in [2.45, 2.75) is 38.4 Å². The van der Waals surface area contributed by atoms with Gasteiger partial charge in [-0.1, -0.05) is 13.3 Å². The summed E-state index contributed by atoms with van der Waals surface area (Å²) in [6.07, 6.45) is -0.865. The molecule has 2 atom stereocenters. The summed E-state index contributed by atoms with van der Waals surface area (Å²) in [5.41, 5.74) is 0.0858. The lowest BCUT2D eigenvalue weighted by Gasteiger charge is -2.17. The van der Waals surface area contributed by atoms with Crippen molar-refractivity contribution in [3.63, 3.8) is 0 Å². The Morgan fingerprint density at radius 2 is 1.88 bits per heavy atom. The zero-order chi connectivity index (χ0) is 12.1. The summed E-state index contributed by atoms with van der Waals surface area (Å²) in [5, 5.41) is 19.1. The Labute approximate surface area is 93.5 Å². The summed E-state index contributed by atoms with van der Waals surface area (Å²) in [6, 6.07) is 3.08. The van der Waals surface area contributed by atoms with Crippen LogP contribution in [0.5, 0.6) is 0 Å². The number of hydrogen-bond donors (Lipinski definition) is 2. The van der Waals surface area contributed by atoms with Gasteiger partial charge in [0.15, 0.2) is 0 Å². The van der Waals surface area contributed by atoms with Gasteiger partial charge in [0.1, 0.15) is 11.6 Å². The van der Waals surface area contributed by atoms with Crippen molar-refractivity contribution < 1.29 is 19.0 Å². The molecular weight excluding hydrogens is 214 g/mol. The number of aliphatic hydroxyl groups excluding tert-OH is 2. The maximum atomic E-state index is 13.2. The molecule has 0 fully saturated rings. The van der Waals surface area contributed by atoms with Crippen LogP contribution in [-0.2, 0) is 6.42 Å². The first-order valence-corrected chi connectivity index (χ1v) is 5.34. The molecule has 0 bridgehead atoms. The highest BCUT2D eigenvalue weighted by molar-refractivity contribution is 5.19. The molecule has 1 rings (SSSR count). The molecule has 2 unspecified atom stereocenters. The van der Waals surface area contributed by atoms with Crippen LogP contribution in [0.4, 0.5) is 8.78 Å². The number of rotatable bonds is 5. The topological polar surface area (TPSA) is 40.5 Å². The molecule has 0 aliphatic carbocycles. The van der Waals surface area contributed by atoms with Crippen LogP contribution in [0.3, 0.4) is 0 Å². The van der Waals surface area contributed by atoms with E-state index in [2.05, 4.69) is 0 Å². The third-order valence-electron chi connectivity index (χ3n) is 2.47. The Balaban J connectivity index is 2.68. The van der Waals surface area contributed by atoms with E-state index in [0.717, 1.165) is 24.6 Å². The maximum Gasteiger partial charge on any atom is 0.126 e. The lowest BCUT2D eigenvalue weighted by Crippen LogP contribution is -2.28. The molecule has 0 amide bonds. The second-order valence-corrected chi connectivity index (χ2v) is 3.86. The van der Waals surface area contributed by atoms with Crippen LogP contribution in [0.2, 0.25) is 0 Å². The molecule has 1 aromatic carbocycles. The van der Waals surface area contributed by atoms with E-state index in [9.17, 15) is 19.0 Å². The highest BCUT2D eigenvalue weighted by Gasteiger charge is 2.17. The Morgan fingerprint density at radius 3 is 2.50 bits per heavy atom. The molecule has 90 valence electrons. The standard InChI is InChI=1S/C12H16F2O2/c1-2-3-11(15)12(16)7-8-6-9(13)4-5-10(8)14/h4-6,11-12,15-16H,2-3,7H2,1H3. The van der Waals surface area contributed by atoms with Gasteiger partial charge < -0.3 is 10.2 Å². The van der Waals surface area contributed by atoms with Crippen molar-refractivity contribution in [2.75, 3.05) is 0 Å². The van der Waals surface area contributed by atoms with Crippen molar-refractivity contribution in [2.24, 2.45) is 0 Å². The highest BCUT2D eigenvalue weighted by Crippen LogP contribution is 2.14. The van der Waals surface area contributed by atoms with Crippen molar-refractivity contribution in [3.05, 3.63) is 35.4 Å². The van der Waals surface area contributed by atoms with E-state index in [-0.39, 0.29) is 12.0 Å². The zero-order valence-electron chi connectivity index (χ0n) is 9.16. The molecule has 16 heavy (non-hydrogen) atoms. The Kier molecular flexibility index (Phi) is 4.83. The van der Waals surface area contributed by atoms with Gasteiger partial charge in [0.2, 0.25) is 0 Å². The molecule has 0 spiro atoms. The number of benzene rings is 1. The summed E-state index contributed by atoms with van der Waals surface area (Å²) in [7, 11) is 0. The average molecular weight is 230 g/mol. The van der Waals surface area contributed by atoms with Gasteiger partial charge in [-0.3, -0.25) is 0 Å². The van der Waals surface area contributed by atoms with Gasteiger partial charge in [-0.05, 0) is 30.2 Å². The SMILES string of the molecule is CCCC(O)C(O)Cc1cc(F)ccc1F. The maximum absolute atomic E-state index is 13.2. The van der Waals surface area contributed by atoms with E-state index < -0.39 is 23.8 Å². The quantitative estimate of drug-likeness (QED) is 0.812. The fourth-order valence-corrected chi connectivity index (χ4v) is 1.55. The van der Waals surface area contributed by atoms with Gasteiger partial charge in [-0.2, -0.15) is 0 Å². The number of halogens is 2. The van der Waals surface area contributed by atoms with Gasteiger partial charge in [0.25, 0.3) is 0 Å². The minimum Gasteiger partial charge on any atom is -0.390 e. The lowest BCUT2D eigenvalue weighted by atomic mass is 10.0. The van der Waals surface area contributed by atoms with E-state index in [4.69, 9.17) is 0 Å². The first-order valence-electron chi connectivity index (χ1n) is 5.34. The van der Waals surface area contributed by atoms with Crippen molar-refractivity contribution in [1.82, 2.24) is 0 Å². The predicted molar refractivity (Wildman–Crippen MR) is 57.0 cm³/mol. The second kappa shape index (κ2) is 5.92. The van der Waals surface area contributed by atoms with E-state index in [0.29, 0.717) is 6.42 Å². The molecule has 2 nitrogen and oxygen atoms in total. The highest BCUT2D eigenvalue weighted by atomic mass is 19.1. The van der Waals surface area contributed by atoms with Crippen molar-refractivity contribution in [1.29, 1.82) is 0 Å². The van der Waals surface area contributed by atoms with Crippen LogP contribution in [-0.4, -0.2) is 22.4 Å². The van der Waals surface area contributed by atoms with Crippen LogP contribution >= 0.6 is 0 Å². The van der Waals surface area contributed by atoms with Gasteiger partial charge in [-0.25, -0.2) is 8.78 Å².